The number of fused-ring (bicyclic) bond motifs is 1. The second-order valence-corrected chi connectivity index (χ2v) is 2.02. The first-order chi connectivity index (χ1) is 4.47. The Morgan fingerprint density at radius 2 is 2.67 bits per heavy atom. The lowest BCUT2D eigenvalue weighted by Gasteiger charge is -2.09. The molecule has 2 heterocycles. The Morgan fingerprint density at radius 3 is 3.56 bits per heavy atom. The van der Waals surface area contributed by atoms with E-state index in [-0.39, 0.29) is 0 Å². The molecule has 1 N–H and O–H groups in total. The fraction of sp³-hybridized carbons (Fsp3) is 0.286. The van der Waals surface area contributed by atoms with Crippen LogP contribution >= 0.6 is 0 Å². The highest BCUT2D eigenvalue weighted by Crippen LogP contribution is 2.23. The Bertz CT molecular complexity index is 184. The van der Waals surface area contributed by atoms with Gasteiger partial charge in [-0.3, -0.25) is 0 Å². The van der Waals surface area contributed by atoms with E-state index in [9.17, 15) is 0 Å². The monoisotopic (exact) mass is 121 g/mol. The summed E-state index contributed by atoms with van der Waals surface area (Å²) in [5.41, 5.74) is 1.07. The van der Waals surface area contributed by atoms with Gasteiger partial charge in [-0.15, -0.1) is 0 Å². The highest BCUT2D eigenvalue weighted by atomic mass is 16.3. The van der Waals surface area contributed by atoms with Crippen LogP contribution in [-0.4, -0.2) is 6.54 Å². The average Bonchev–Trinajstić information content (AvgIpc) is 2.33. The summed E-state index contributed by atoms with van der Waals surface area (Å²) in [7, 11) is 0. The third kappa shape index (κ3) is 0.707. The fourth-order valence-electron chi connectivity index (χ4n) is 0.959. The van der Waals surface area contributed by atoms with E-state index >= 15 is 0 Å². The first-order valence-electron chi connectivity index (χ1n) is 3.02. The molecule has 0 aromatic carbocycles. The zero-order valence-electron chi connectivity index (χ0n) is 4.98. The smallest absolute Gasteiger partial charge is 0.196 e. The van der Waals surface area contributed by atoms with E-state index < -0.39 is 0 Å². The molecule has 0 saturated heterocycles. The van der Waals surface area contributed by atoms with Crippen molar-refractivity contribution in [2.45, 2.75) is 6.42 Å². The zero-order chi connectivity index (χ0) is 6.10. The molecule has 1 aromatic heterocycles. The van der Waals surface area contributed by atoms with E-state index in [0.29, 0.717) is 0 Å². The van der Waals surface area contributed by atoms with Gasteiger partial charge in [0.05, 0.1) is 6.26 Å². The minimum absolute atomic E-state index is 0.862. The van der Waals surface area contributed by atoms with E-state index in [2.05, 4.69) is 11.7 Å². The molecule has 0 fully saturated rings. The molecular weight excluding hydrogens is 114 g/mol. The van der Waals surface area contributed by atoms with Crippen molar-refractivity contribution in [3.63, 3.8) is 0 Å². The highest BCUT2D eigenvalue weighted by molar-refractivity contribution is 5.47. The molecule has 2 rings (SSSR count). The molecule has 1 aliphatic rings. The Kier molecular flexibility index (Phi) is 0.979. The molecular formula is C7H7NO. The molecule has 46 valence electrons. The largest absolute Gasteiger partial charge is 0.449 e. The van der Waals surface area contributed by atoms with Gasteiger partial charge in [-0.2, -0.15) is 0 Å². The standard InChI is InChI=1S/C7H7NO/c1-2-6-3-5-9-7(6)8-4-1/h3,5,8H,1,4H2. The lowest BCUT2D eigenvalue weighted by molar-refractivity contribution is 0.574. The van der Waals surface area contributed by atoms with Crippen molar-refractivity contribution in [3.05, 3.63) is 24.3 Å². The first kappa shape index (κ1) is 4.91. The van der Waals surface area contributed by atoms with Gasteiger partial charge in [-0.1, -0.05) is 0 Å². The predicted octanol–water partition coefficient (Wildman–Crippen LogP) is 1.52. The predicted molar refractivity (Wildman–Crippen MR) is 34.2 cm³/mol. The highest BCUT2D eigenvalue weighted by Gasteiger charge is 2.09. The van der Waals surface area contributed by atoms with Crippen LogP contribution in [0.15, 0.2) is 16.7 Å². The molecule has 0 amide bonds. The van der Waals surface area contributed by atoms with Gasteiger partial charge in [-0.25, -0.2) is 0 Å². The normalized spacial score (nSPS) is 16.4. The molecule has 2 nitrogen and oxygen atoms in total. The molecule has 1 aliphatic heterocycles. The van der Waals surface area contributed by atoms with Crippen molar-refractivity contribution >= 4 is 5.88 Å². The molecule has 0 bridgehead atoms. The van der Waals surface area contributed by atoms with Gasteiger partial charge in [0.2, 0.25) is 0 Å². The summed E-state index contributed by atoms with van der Waals surface area (Å²) in [6.45, 7) is 0.945. The summed E-state index contributed by atoms with van der Waals surface area (Å²) >= 11 is 0. The third-order valence-electron chi connectivity index (χ3n) is 1.39. The first-order valence-corrected chi connectivity index (χ1v) is 3.02. The second kappa shape index (κ2) is 1.79. The maximum absolute atomic E-state index is 5.08. The molecule has 2 heteroatoms. The zero-order valence-corrected chi connectivity index (χ0v) is 4.98. The van der Waals surface area contributed by atoms with E-state index in [1.54, 1.807) is 6.26 Å². The van der Waals surface area contributed by atoms with Gasteiger partial charge in [0.15, 0.2) is 5.88 Å². The van der Waals surface area contributed by atoms with Crippen molar-refractivity contribution in [2.24, 2.45) is 0 Å². The van der Waals surface area contributed by atoms with Gasteiger partial charge in [0.1, 0.15) is 0 Å². The Hall–Kier alpha value is -0.920. The average molecular weight is 121 g/mol. The van der Waals surface area contributed by atoms with Crippen LogP contribution in [0.4, 0.5) is 5.88 Å². The summed E-state index contributed by atoms with van der Waals surface area (Å²) < 4.78 is 5.08. The molecule has 1 aromatic rings. The van der Waals surface area contributed by atoms with Crippen LogP contribution in [0.3, 0.4) is 0 Å². The number of rotatable bonds is 0. The van der Waals surface area contributed by atoms with Crippen molar-refractivity contribution in [2.75, 3.05) is 11.9 Å². The number of nitrogens with one attached hydrogen (secondary N) is 1. The second-order valence-electron chi connectivity index (χ2n) is 2.02. The van der Waals surface area contributed by atoms with Gasteiger partial charge in [0, 0.05) is 18.5 Å². The van der Waals surface area contributed by atoms with Crippen molar-refractivity contribution in [1.29, 1.82) is 0 Å². The summed E-state index contributed by atoms with van der Waals surface area (Å²) in [5, 5.41) is 3.11. The van der Waals surface area contributed by atoms with Crippen LogP contribution in [0.25, 0.3) is 0 Å². The van der Waals surface area contributed by atoms with Crippen LogP contribution in [0, 0.1) is 6.42 Å². The Labute approximate surface area is 53.9 Å². The van der Waals surface area contributed by atoms with Crippen LogP contribution in [0.2, 0.25) is 0 Å². The minimum Gasteiger partial charge on any atom is -0.449 e. The van der Waals surface area contributed by atoms with Gasteiger partial charge >= 0.3 is 0 Å². The molecule has 0 aliphatic carbocycles. The molecule has 0 spiro atoms. The Balaban J connectivity index is 2.39. The number of furan rings is 1. The van der Waals surface area contributed by atoms with Crippen LogP contribution < -0.4 is 5.32 Å². The van der Waals surface area contributed by atoms with E-state index in [1.165, 1.54) is 0 Å². The van der Waals surface area contributed by atoms with Crippen LogP contribution in [-0.2, 0) is 0 Å². The number of hydrogen-bond acceptors (Lipinski definition) is 2. The fourth-order valence-corrected chi connectivity index (χ4v) is 0.959. The van der Waals surface area contributed by atoms with E-state index in [1.807, 2.05) is 6.07 Å². The van der Waals surface area contributed by atoms with Crippen molar-refractivity contribution in [3.8, 4) is 0 Å². The maximum Gasteiger partial charge on any atom is 0.196 e. The van der Waals surface area contributed by atoms with E-state index in [4.69, 9.17) is 4.42 Å². The van der Waals surface area contributed by atoms with Crippen molar-refractivity contribution in [1.82, 2.24) is 0 Å². The van der Waals surface area contributed by atoms with Crippen LogP contribution in [0.1, 0.15) is 12.0 Å². The number of anilines is 1. The molecule has 0 saturated carbocycles. The quantitative estimate of drug-likeness (QED) is 0.563. The lowest BCUT2D eigenvalue weighted by Crippen LogP contribution is -2.07. The summed E-state index contributed by atoms with van der Waals surface area (Å²) in [6.07, 6.45) is 5.84. The third-order valence-corrected chi connectivity index (χ3v) is 1.39. The summed E-state index contributed by atoms with van der Waals surface area (Å²) in [6, 6.07) is 1.92. The topological polar surface area (TPSA) is 25.2 Å². The summed E-state index contributed by atoms with van der Waals surface area (Å²) in [5.74, 6) is 0.862. The summed E-state index contributed by atoms with van der Waals surface area (Å²) in [4.78, 5) is 0. The van der Waals surface area contributed by atoms with Crippen molar-refractivity contribution < 1.29 is 4.42 Å². The van der Waals surface area contributed by atoms with Gasteiger partial charge < -0.3 is 9.73 Å². The molecule has 0 atom stereocenters. The SMILES string of the molecule is [C]1CCNc2occc21. The molecule has 0 unspecified atom stereocenters. The Morgan fingerprint density at radius 1 is 1.67 bits per heavy atom. The molecule has 2 radical (unpaired) electrons. The van der Waals surface area contributed by atoms with Gasteiger partial charge in [0.25, 0.3) is 0 Å². The minimum atomic E-state index is 0.862. The lowest BCUT2D eigenvalue weighted by atomic mass is 10.1. The maximum atomic E-state index is 5.08. The van der Waals surface area contributed by atoms with Gasteiger partial charge in [-0.05, 0) is 12.5 Å². The number of hydrogen-bond donors (Lipinski definition) is 1. The van der Waals surface area contributed by atoms with E-state index in [0.717, 1.165) is 24.4 Å². The molecule has 9 heavy (non-hydrogen) atoms. The van der Waals surface area contributed by atoms with Crippen LogP contribution in [0.5, 0.6) is 0 Å².